The Morgan fingerprint density at radius 2 is 0.958 bits per heavy atom. The predicted molar refractivity (Wildman–Crippen MR) is 90.5 cm³/mol. The van der Waals surface area contributed by atoms with Crippen molar-refractivity contribution < 1.29 is 57.1 Å². The highest BCUT2D eigenvalue weighted by Gasteiger charge is 2.04. The van der Waals surface area contributed by atoms with Crippen LogP contribution in [0.25, 0.3) is 0 Å². The summed E-state index contributed by atoms with van der Waals surface area (Å²) in [5.74, 6) is 0. The van der Waals surface area contributed by atoms with E-state index in [0.717, 1.165) is 13.1 Å². The van der Waals surface area contributed by atoms with Crippen molar-refractivity contribution in [2.75, 3.05) is 0 Å². The number of aromatic nitrogens is 2. The highest BCUT2D eigenvalue weighted by Crippen LogP contribution is 2.06. The van der Waals surface area contributed by atoms with Crippen molar-refractivity contribution in [3.05, 3.63) is 60.2 Å². The molecule has 0 aromatic carbocycles. The summed E-state index contributed by atoms with van der Waals surface area (Å²) < 4.78 is 4.71. The number of hydrogen-bond acceptors (Lipinski definition) is 0. The molecule has 0 spiro atoms. The number of nitrogens with zero attached hydrogens (tertiary/aromatic N) is 2. The van der Waals surface area contributed by atoms with Gasteiger partial charge >= 0.3 is 0 Å². The van der Waals surface area contributed by atoms with E-state index in [1.54, 1.807) is 0 Å². The SMILES string of the molecule is Cc1cccc[n+]1CCCCCCCC[n+]1ccccc1C.[I-].[I-]. The topological polar surface area (TPSA) is 7.76 Å². The Morgan fingerprint density at radius 1 is 0.583 bits per heavy atom. The molecule has 4 heteroatoms. The first kappa shape index (κ1) is 23.8. The summed E-state index contributed by atoms with van der Waals surface area (Å²) in [4.78, 5) is 0. The summed E-state index contributed by atoms with van der Waals surface area (Å²) in [6.07, 6.45) is 12.4. The Balaban J connectivity index is 0.00000264. The van der Waals surface area contributed by atoms with E-state index in [-0.39, 0.29) is 48.0 Å². The van der Waals surface area contributed by atoms with E-state index in [4.69, 9.17) is 0 Å². The number of unbranched alkanes of at least 4 members (excludes halogenated alkanes) is 5. The normalized spacial score (nSPS) is 9.92. The molecule has 0 saturated carbocycles. The molecule has 2 aromatic rings. The van der Waals surface area contributed by atoms with Crippen molar-refractivity contribution in [1.29, 1.82) is 0 Å². The fourth-order valence-electron chi connectivity index (χ4n) is 2.90. The molecule has 0 amide bonds. The van der Waals surface area contributed by atoms with Crippen LogP contribution in [0.15, 0.2) is 48.8 Å². The van der Waals surface area contributed by atoms with Crippen LogP contribution in [0, 0.1) is 13.8 Å². The van der Waals surface area contributed by atoms with Crippen LogP contribution in [0.5, 0.6) is 0 Å². The second kappa shape index (κ2) is 14.0. The van der Waals surface area contributed by atoms with Crippen LogP contribution in [-0.2, 0) is 13.1 Å². The van der Waals surface area contributed by atoms with Gasteiger partial charge in [0, 0.05) is 51.0 Å². The Hall–Kier alpha value is -0.240. The minimum absolute atomic E-state index is 0. The van der Waals surface area contributed by atoms with Gasteiger partial charge in [0.15, 0.2) is 23.8 Å². The summed E-state index contributed by atoms with van der Waals surface area (Å²) in [7, 11) is 0. The van der Waals surface area contributed by atoms with Gasteiger partial charge in [-0.05, 0) is 12.8 Å². The fourth-order valence-corrected chi connectivity index (χ4v) is 2.90. The maximum atomic E-state index is 2.36. The van der Waals surface area contributed by atoms with Gasteiger partial charge in [0.05, 0.1) is 0 Å². The first-order valence-corrected chi connectivity index (χ1v) is 8.67. The highest BCUT2D eigenvalue weighted by molar-refractivity contribution is 4.94. The first-order valence-electron chi connectivity index (χ1n) is 8.67. The van der Waals surface area contributed by atoms with E-state index in [1.807, 2.05) is 0 Å². The molecule has 0 aliphatic carbocycles. The monoisotopic (exact) mass is 552 g/mol. The maximum Gasteiger partial charge on any atom is 0.178 e. The molecule has 2 nitrogen and oxygen atoms in total. The van der Waals surface area contributed by atoms with Crippen molar-refractivity contribution in [2.24, 2.45) is 0 Å². The van der Waals surface area contributed by atoms with E-state index in [9.17, 15) is 0 Å². The highest BCUT2D eigenvalue weighted by atomic mass is 127. The van der Waals surface area contributed by atoms with E-state index >= 15 is 0 Å². The van der Waals surface area contributed by atoms with Gasteiger partial charge in [0.1, 0.15) is 13.1 Å². The fraction of sp³-hybridized carbons (Fsp3) is 0.500. The van der Waals surface area contributed by atoms with Gasteiger partial charge < -0.3 is 48.0 Å². The molecular weight excluding hydrogens is 522 g/mol. The number of pyridine rings is 2. The summed E-state index contributed by atoms with van der Waals surface area (Å²) >= 11 is 0. The molecule has 24 heavy (non-hydrogen) atoms. The van der Waals surface area contributed by atoms with Crippen molar-refractivity contribution in [2.45, 2.75) is 65.5 Å². The number of rotatable bonds is 9. The second-order valence-electron chi connectivity index (χ2n) is 6.19. The van der Waals surface area contributed by atoms with Crippen LogP contribution >= 0.6 is 0 Å². The zero-order chi connectivity index (χ0) is 15.6. The molecule has 0 N–H and O–H groups in total. The molecule has 0 aliphatic rings. The predicted octanol–water partition coefficient (Wildman–Crippen LogP) is -2.07. The quantitative estimate of drug-likeness (QED) is 0.192. The third-order valence-corrected chi connectivity index (χ3v) is 4.38. The van der Waals surface area contributed by atoms with Crippen LogP contribution in [0.2, 0.25) is 0 Å². The average Bonchev–Trinajstić information content (AvgIpc) is 2.53. The molecule has 0 saturated heterocycles. The third kappa shape index (κ3) is 8.74. The Labute approximate surface area is 181 Å². The molecule has 0 radical (unpaired) electrons. The third-order valence-electron chi connectivity index (χ3n) is 4.38. The lowest BCUT2D eigenvalue weighted by molar-refractivity contribution is -0.703. The summed E-state index contributed by atoms with van der Waals surface area (Å²) in [5.41, 5.74) is 2.72. The molecule has 0 atom stereocenters. The average molecular weight is 552 g/mol. The van der Waals surface area contributed by atoms with Gasteiger partial charge in [0.25, 0.3) is 0 Å². The van der Waals surface area contributed by atoms with Gasteiger partial charge in [-0.3, -0.25) is 0 Å². The van der Waals surface area contributed by atoms with Crippen LogP contribution < -0.4 is 57.1 Å². The summed E-state index contributed by atoms with van der Waals surface area (Å²) in [5, 5.41) is 0. The summed E-state index contributed by atoms with van der Waals surface area (Å²) in [6.45, 7) is 6.68. The van der Waals surface area contributed by atoms with Gasteiger partial charge in [-0.2, -0.15) is 0 Å². The van der Waals surface area contributed by atoms with E-state index in [2.05, 4.69) is 71.8 Å². The van der Waals surface area contributed by atoms with Gasteiger partial charge in [-0.15, -0.1) is 0 Å². The summed E-state index contributed by atoms with van der Waals surface area (Å²) in [6, 6.07) is 12.8. The minimum Gasteiger partial charge on any atom is -1.00 e. The molecular formula is C20H30I2N2. The van der Waals surface area contributed by atoms with Crippen LogP contribution in [0.1, 0.15) is 49.9 Å². The lowest BCUT2D eigenvalue weighted by Gasteiger charge is -2.02. The molecule has 0 unspecified atom stereocenters. The van der Waals surface area contributed by atoms with E-state index in [1.165, 1.54) is 49.9 Å². The Kier molecular flexibility index (Phi) is 13.8. The van der Waals surface area contributed by atoms with Crippen LogP contribution in [0.4, 0.5) is 0 Å². The largest absolute Gasteiger partial charge is 1.00 e. The molecule has 0 bridgehead atoms. The van der Waals surface area contributed by atoms with E-state index in [0.29, 0.717) is 0 Å². The van der Waals surface area contributed by atoms with E-state index < -0.39 is 0 Å². The number of aryl methyl sites for hydroxylation is 4. The second-order valence-corrected chi connectivity index (χ2v) is 6.19. The molecule has 0 fully saturated rings. The van der Waals surface area contributed by atoms with Gasteiger partial charge in [0.2, 0.25) is 0 Å². The van der Waals surface area contributed by atoms with Crippen molar-refractivity contribution >= 4 is 0 Å². The Morgan fingerprint density at radius 3 is 1.33 bits per heavy atom. The maximum absolute atomic E-state index is 2.36. The minimum atomic E-state index is 0. The molecule has 2 aromatic heterocycles. The Bertz CT molecular complexity index is 522. The van der Waals surface area contributed by atoms with Crippen molar-refractivity contribution in [3.8, 4) is 0 Å². The van der Waals surface area contributed by atoms with Crippen LogP contribution in [-0.4, -0.2) is 0 Å². The lowest BCUT2D eigenvalue weighted by Crippen LogP contribution is -3.00. The zero-order valence-electron chi connectivity index (χ0n) is 14.9. The standard InChI is InChI=1S/C20H30N2.2HI/c1-19-13-7-11-17-21(19)15-9-5-3-4-6-10-16-22-18-12-8-14-20(22)2;;/h7-8,11-14,17-18H,3-6,9-10,15-16H2,1-2H3;2*1H/q+2;;/p-2. The zero-order valence-corrected chi connectivity index (χ0v) is 19.2. The van der Waals surface area contributed by atoms with Gasteiger partial charge in [-0.25, -0.2) is 9.13 Å². The van der Waals surface area contributed by atoms with Crippen molar-refractivity contribution in [1.82, 2.24) is 0 Å². The molecule has 2 rings (SSSR count). The number of hydrogen-bond donors (Lipinski definition) is 0. The molecule has 134 valence electrons. The van der Waals surface area contributed by atoms with Crippen molar-refractivity contribution in [3.63, 3.8) is 0 Å². The smallest absolute Gasteiger partial charge is 0.178 e. The number of halogens is 2. The van der Waals surface area contributed by atoms with Crippen LogP contribution in [0.3, 0.4) is 0 Å². The van der Waals surface area contributed by atoms with Gasteiger partial charge in [-0.1, -0.05) is 25.0 Å². The lowest BCUT2D eigenvalue weighted by atomic mass is 10.1. The molecule has 2 heterocycles. The molecule has 0 aliphatic heterocycles. The first-order chi connectivity index (χ1) is 10.8.